The molecule has 1 amide bonds. The van der Waals surface area contributed by atoms with Crippen LogP contribution in [0.1, 0.15) is 27.5 Å². The average Bonchev–Trinajstić information content (AvgIpc) is 2.86. The number of fused-ring (bicyclic) bond motifs is 1. The summed E-state index contributed by atoms with van der Waals surface area (Å²) in [7, 11) is 3.14. The lowest BCUT2D eigenvalue weighted by atomic mass is 9.91. The van der Waals surface area contributed by atoms with Crippen molar-refractivity contribution in [2.75, 3.05) is 27.4 Å². The molecule has 0 fully saturated rings. The fourth-order valence-electron chi connectivity index (χ4n) is 4.08. The Morgan fingerprint density at radius 3 is 2.44 bits per heavy atom. The molecule has 0 spiro atoms. The predicted octanol–water partition coefficient (Wildman–Crippen LogP) is 5.08. The quantitative estimate of drug-likeness (QED) is 0.344. The van der Waals surface area contributed by atoms with Crippen molar-refractivity contribution in [3.8, 4) is 17.2 Å². The molecule has 34 heavy (non-hydrogen) atoms. The fraction of sp³-hybridized carbons (Fsp3) is 0.240. The molecule has 0 radical (unpaired) electrons. The summed E-state index contributed by atoms with van der Waals surface area (Å²) >= 11 is 6.12. The van der Waals surface area contributed by atoms with Crippen LogP contribution in [0.15, 0.2) is 60.7 Å². The maximum atomic E-state index is 13.5. The number of non-ortho nitro benzene ring substituents is 1. The molecule has 0 saturated heterocycles. The van der Waals surface area contributed by atoms with Crippen molar-refractivity contribution < 1.29 is 23.9 Å². The average molecular weight is 483 g/mol. The number of amides is 1. The van der Waals surface area contributed by atoms with E-state index in [9.17, 15) is 14.9 Å². The van der Waals surface area contributed by atoms with E-state index in [2.05, 4.69) is 0 Å². The van der Waals surface area contributed by atoms with Gasteiger partial charge in [0.2, 0.25) is 0 Å². The number of nitro groups is 1. The number of carbonyl (C=O) groups excluding carboxylic acids is 1. The van der Waals surface area contributed by atoms with Gasteiger partial charge in [0.05, 0.1) is 25.2 Å². The first-order valence-corrected chi connectivity index (χ1v) is 11.0. The van der Waals surface area contributed by atoms with E-state index in [0.717, 1.165) is 11.1 Å². The Labute approximate surface area is 201 Å². The molecule has 0 aliphatic carbocycles. The van der Waals surface area contributed by atoms with Gasteiger partial charge in [-0.3, -0.25) is 14.9 Å². The highest BCUT2D eigenvalue weighted by Crippen LogP contribution is 2.39. The van der Waals surface area contributed by atoms with Gasteiger partial charge in [0.1, 0.15) is 12.4 Å². The van der Waals surface area contributed by atoms with Crippen LogP contribution in [0.2, 0.25) is 5.02 Å². The Kier molecular flexibility index (Phi) is 6.88. The van der Waals surface area contributed by atoms with E-state index in [0.29, 0.717) is 40.8 Å². The predicted molar refractivity (Wildman–Crippen MR) is 127 cm³/mol. The first kappa shape index (κ1) is 23.4. The molecule has 0 bridgehead atoms. The van der Waals surface area contributed by atoms with Crippen molar-refractivity contribution >= 4 is 23.2 Å². The van der Waals surface area contributed by atoms with Gasteiger partial charge in [-0.2, -0.15) is 0 Å². The van der Waals surface area contributed by atoms with Crippen molar-refractivity contribution in [1.82, 2.24) is 4.90 Å². The second kappa shape index (κ2) is 10.0. The summed E-state index contributed by atoms with van der Waals surface area (Å²) in [6, 6.07) is 16.0. The molecule has 3 aromatic rings. The van der Waals surface area contributed by atoms with Crippen molar-refractivity contribution in [3.63, 3.8) is 0 Å². The van der Waals surface area contributed by atoms with Gasteiger partial charge in [0.15, 0.2) is 11.5 Å². The molecule has 1 aliphatic heterocycles. The fourth-order valence-corrected chi connectivity index (χ4v) is 4.27. The summed E-state index contributed by atoms with van der Waals surface area (Å²) < 4.78 is 16.9. The molecule has 3 aromatic carbocycles. The van der Waals surface area contributed by atoms with Crippen molar-refractivity contribution in [1.29, 1.82) is 0 Å². The normalized spacial score (nSPS) is 14.8. The van der Waals surface area contributed by atoms with Gasteiger partial charge in [-0.05, 0) is 60.0 Å². The lowest BCUT2D eigenvalue weighted by Gasteiger charge is -2.37. The summed E-state index contributed by atoms with van der Waals surface area (Å²) in [5.41, 5.74) is 2.38. The second-order valence-electron chi connectivity index (χ2n) is 7.74. The van der Waals surface area contributed by atoms with E-state index in [-0.39, 0.29) is 18.2 Å². The van der Waals surface area contributed by atoms with Gasteiger partial charge in [-0.25, -0.2) is 0 Å². The van der Waals surface area contributed by atoms with Gasteiger partial charge < -0.3 is 19.1 Å². The smallest absolute Gasteiger partial charge is 0.269 e. The van der Waals surface area contributed by atoms with Gasteiger partial charge in [0.25, 0.3) is 11.6 Å². The maximum absolute atomic E-state index is 13.5. The van der Waals surface area contributed by atoms with Crippen LogP contribution >= 0.6 is 11.6 Å². The van der Waals surface area contributed by atoms with E-state index in [4.69, 9.17) is 25.8 Å². The van der Waals surface area contributed by atoms with Gasteiger partial charge in [-0.1, -0.05) is 17.7 Å². The lowest BCUT2D eigenvalue weighted by Crippen LogP contribution is -2.42. The first-order chi connectivity index (χ1) is 16.4. The van der Waals surface area contributed by atoms with Crippen molar-refractivity contribution in [3.05, 3.63) is 92.5 Å². The number of rotatable bonds is 7. The number of methoxy groups -OCH3 is 2. The Morgan fingerprint density at radius 2 is 1.79 bits per heavy atom. The highest BCUT2D eigenvalue weighted by Gasteiger charge is 2.33. The maximum Gasteiger partial charge on any atom is 0.269 e. The van der Waals surface area contributed by atoms with Gasteiger partial charge >= 0.3 is 0 Å². The highest BCUT2D eigenvalue weighted by molar-refractivity contribution is 6.30. The Morgan fingerprint density at radius 1 is 1.09 bits per heavy atom. The zero-order chi connectivity index (χ0) is 24.2. The zero-order valence-corrected chi connectivity index (χ0v) is 19.4. The number of nitrogens with zero attached hydrogens (tertiary/aromatic N) is 2. The molecular formula is C25H23ClN2O6. The molecule has 0 aromatic heterocycles. The molecule has 176 valence electrons. The Hall–Kier alpha value is -3.78. The standard InChI is InChI=1S/C25H23ClN2O6/c1-32-23-13-16-10-11-27(25(29)17-4-3-5-18(26)12-17)22(21(16)14-24(23)33-2)15-34-20-8-6-19(7-9-20)28(30)31/h3-9,12-14,22H,10-11,15H2,1-2H3/t22-/m0/s1. The van der Waals surface area contributed by atoms with Crippen molar-refractivity contribution in [2.24, 2.45) is 0 Å². The minimum absolute atomic E-state index is 0.0232. The molecule has 4 rings (SSSR count). The SMILES string of the molecule is COc1cc2c(cc1OC)[C@H](COc1ccc([N+](=O)[O-])cc1)N(C(=O)c1cccc(Cl)c1)CC2. The van der Waals surface area contributed by atoms with Gasteiger partial charge in [0, 0.05) is 29.3 Å². The number of carbonyl (C=O) groups is 1. The summed E-state index contributed by atoms with van der Waals surface area (Å²) in [4.78, 5) is 25.7. The molecule has 0 unspecified atom stereocenters. The summed E-state index contributed by atoms with van der Waals surface area (Å²) in [5.74, 6) is 1.47. The third-order valence-electron chi connectivity index (χ3n) is 5.79. The van der Waals surface area contributed by atoms with Crippen molar-refractivity contribution in [2.45, 2.75) is 12.5 Å². The molecule has 1 heterocycles. The van der Waals surface area contributed by atoms with Crippen LogP contribution in [0.25, 0.3) is 0 Å². The third-order valence-corrected chi connectivity index (χ3v) is 6.03. The van der Waals surface area contributed by atoms with Crippen LogP contribution < -0.4 is 14.2 Å². The Bertz CT molecular complexity index is 1210. The number of nitro benzene ring substituents is 1. The minimum Gasteiger partial charge on any atom is -0.493 e. The number of hydrogen-bond donors (Lipinski definition) is 0. The largest absolute Gasteiger partial charge is 0.493 e. The monoisotopic (exact) mass is 482 g/mol. The summed E-state index contributed by atoms with van der Waals surface area (Å²) in [6.45, 7) is 0.620. The molecule has 1 atom stereocenters. The molecule has 0 saturated carbocycles. The zero-order valence-electron chi connectivity index (χ0n) is 18.7. The first-order valence-electron chi connectivity index (χ1n) is 10.6. The van der Waals surface area contributed by atoms with E-state index in [1.807, 2.05) is 12.1 Å². The van der Waals surface area contributed by atoms with Crippen LogP contribution in [-0.2, 0) is 6.42 Å². The molecule has 8 nitrogen and oxygen atoms in total. The molecule has 0 N–H and O–H groups in total. The van der Waals surface area contributed by atoms with Crippen LogP contribution in [0.5, 0.6) is 17.2 Å². The van der Waals surface area contributed by atoms with Crippen LogP contribution in [-0.4, -0.2) is 43.1 Å². The second-order valence-corrected chi connectivity index (χ2v) is 8.18. The highest BCUT2D eigenvalue weighted by atomic mass is 35.5. The lowest BCUT2D eigenvalue weighted by molar-refractivity contribution is -0.384. The summed E-state index contributed by atoms with van der Waals surface area (Å²) in [6.07, 6.45) is 0.635. The van der Waals surface area contributed by atoms with Crippen LogP contribution in [0.3, 0.4) is 0 Å². The summed E-state index contributed by atoms with van der Waals surface area (Å²) in [5, 5.41) is 11.4. The van der Waals surface area contributed by atoms with E-state index in [1.54, 1.807) is 55.5 Å². The van der Waals surface area contributed by atoms with Crippen LogP contribution in [0.4, 0.5) is 5.69 Å². The minimum atomic E-state index is -0.466. The molecule has 1 aliphatic rings. The number of hydrogen-bond acceptors (Lipinski definition) is 6. The third kappa shape index (κ3) is 4.77. The number of benzene rings is 3. The topological polar surface area (TPSA) is 91.1 Å². The molecule has 9 heteroatoms. The number of halogens is 1. The van der Waals surface area contributed by atoms with E-state index < -0.39 is 11.0 Å². The van der Waals surface area contributed by atoms with Gasteiger partial charge in [-0.15, -0.1) is 0 Å². The Balaban J connectivity index is 1.68. The van der Waals surface area contributed by atoms with Crippen LogP contribution in [0, 0.1) is 10.1 Å². The molecular weight excluding hydrogens is 460 g/mol. The van der Waals surface area contributed by atoms with E-state index >= 15 is 0 Å². The number of ether oxygens (including phenoxy) is 3. The van der Waals surface area contributed by atoms with E-state index in [1.165, 1.54) is 12.1 Å².